The van der Waals surface area contributed by atoms with E-state index < -0.39 is 0 Å². The minimum Gasteiger partial charge on any atom is -0.326 e. The molecule has 1 aliphatic heterocycles. The molecule has 6 nitrogen and oxygen atoms in total. The number of halogens is 1. The molecular weight excluding hydrogens is 331 g/mol. The normalized spacial score (nSPS) is 21.9. The summed E-state index contributed by atoms with van der Waals surface area (Å²) in [4.78, 5) is 3.27. The summed E-state index contributed by atoms with van der Waals surface area (Å²) < 4.78 is 15.1. The van der Waals surface area contributed by atoms with Crippen LogP contribution in [0.2, 0.25) is 0 Å². The minimum absolute atomic E-state index is 0.218. The largest absolute Gasteiger partial charge is 0.326 e. The third-order valence-corrected chi connectivity index (χ3v) is 5.42. The monoisotopic (exact) mass is 362 g/mol. The van der Waals surface area contributed by atoms with Crippen LogP contribution in [-0.2, 0) is 6.54 Å². The van der Waals surface area contributed by atoms with Crippen LogP contribution in [0.4, 0.5) is 4.39 Å². The Hall–Kier alpha value is -1.86. The Bertz CT molecular complexity index is 676. The molecule has 2 aromatic rings. The Morgan fingerprint density at radius 3 is 2.42 bits per heavy atom. The van der Waals surface area contributed by atoms with Gasteiger partial charge in [-0.15, -0.1) is 5.10 Å². The van der Waals surface area contributed by atoms with Crippen LogP contribution in [0, 0.1) is 11.7 Å². The lowest BCUT2D eigenvalue weighted by Crippen LogP contribution is -3.28. The number of rotatable bonds is 7. The predicted octanol–water partition coefficient (Wildman–Crippen LogP) is -0.249. The van der Waals surface area contributed by atoms with E-state index in [1.54, 1.807) is 21.9 Å². The van der Waals surface area contributed by atoms with Gasteiger partial charge >= 0.3 is 0 Å². The highest BCUT2D eigenvalue weighted by molar-refractivity contribution is 5.16. The van der Waals surface area contributed by atoms with Crippen molar-refractivity contribution in [1.29, 1.82) is 0 Å². The highest BCUT2D eigenvalue weighted by Crippen LogP contribution is 2.17. The number of nitrogens with one attached hydrogen (secondary N) is 2. The van der Waals surface area contributed by atoms with Gasteiger partial charge in [0.05, 0.1) is 13.1 Å². The maximum atomic E-state index is 13.2. The van der Waals surface area contributed by atoms with Crippen LogP contribution in [0.25, 0.3) is 0 Å². The molecule has 2 heterocycles. The molecule has 3 rings (SSSR count). The Balaban J connectivity index is 1.79. The second-order valence-corrected chi connectivity index (χ2v) is 7.77. The molecule has 1 aromatic heterocycles. The van der Waals surface area contributed by atoms with Crippen molar-refractivity contribution >= 4 is 0 Å². The molecule has 1 aliphatic rings. The molecule has 2 N–H and O–H groups in total. The first kappa shape index (κ1) is 18.9. The summed E-state index contributed by atoms with van der Waals surface area (Å²) in [6.45, 7) is 13.3. The van der Waals surface area contributed by atoms with Gasteiger partial charge in [0.2, 0.25) is 5.82 Å². The molecule has 0 unspecified atom stereocenters. The fraction of sp³-hybridized carbons (Fsp3) is 0.632. The Morgan fingerprint density at radius 1 is 1.12 bits per heavy atom. The van der Waals surface area contributed by atoms with E-state index in [0.717, 1.165) is 30.9 Å². The van der Waals surface area contributed by atoms with Crippen molar-refractivity contribution < 1.29 is 14.2 Å². The number of likely N-dealkylation sites (N-methyl/N-ethyl adjacent to an activating group) is 1. The molecule has 1 fully saturated rings. The maximum absolute atomic E-state index is 13.2. The number of aromatic nitrogens is 4. The molecule has 0 aliphatic carbocycles. The van der Waals surface area contributed by atoms with Crippen LogP contribution in [0.1, 0.15) is 44.6 Å². The number of benzene rings is 1. The van der Waals surface area contributed by atoms with Gasteiger partial charge in [-0.2, -0.15) is 0 Å². The summed E-state index contributed by atoms with van der Waals surface area (Å²) in [5.41, 5.74) is 1.01. The molecule has 1 saturated heterocycles. The molecule has 142 valence electrons. The van der Waals surface area contributed by atoms with Crippen molar-refractivity contribution in [3.8, 4) is 0 Å². The van der Waals surface area contributed by atoms with E-state index in [1.165, 1.54) is 31.8 Å². The summed E-state index contributed by atoms with van der Waals surface area (Å²) >= 11 is 0. The number of piperazine rings is 1. The van der Waals surface area contributed by atoms with Crippen LogP contribution >= 0.6 is 0 Å². The zero-order chi connectivity index (χ0) is 18.5. The van der Waals surface area contributed by atoms with Crippen LogP contribution < -0.4 is 9.80 Å². The van der Waals surface area contributed by atoms with Gasteiger partial charge in [-0.3, -0.25) is 0 Å². The van der Waals surface area contributed by atoms with E-state index in [1.807, 2.05) is 4.68 Å². The third-order valence-electron chi connectivity index (χ3n) is 5.42. The van der Waals surface area contributed by atoms with Gasteiger partial charge in [-0.1, -0.05) is 26.0 Å². The molecule has 7 heteroatoms. The smallest absolute Gasteiger partial charge is 0.209 e. The summed E-state index contributed by atoms with van der Waals surface area (Å²) in [5, 5.41) is 12.6. The first-order valence-electron chi connectivity index (χ1n) is 9.75. The third kappa shape index (κ3) is 4.65. The fourth-order valence-electron chi connectivity index (χ4n) is 3.89. The molecule has 0 radical (unpaired) electrons. The standard InChI is InChI=1S/C19H29FN6/c1-4-24-9-11-25(12-10-24)18(13-15(2)3)19-21-22-23-26(19)14-16-5-7-17(20)8-6-16/h5-8,15,18H,4,9-14H2,1-3H3/p+2/t18-/m0/s1. The molecule has 0 amide bonds. The van der Waals surface area contributed by atoms with Crippen LogP contribution in [0.15, 0.2) is 24.3 Å². The average Bonchev–Trinajstić information content (AvgIpc) is 3.09. The molecule has 0 saturated carbocycles. The number of tetrazole rings is 1. The van der Waals surface area contributed by atoms with Crippen molar-refractivity contribution in [3.05, 3.63) is 41.5 Å². The van der Waals surface area contributed by atoms with Crippen molar-refractivity contribution in [2.45, 2.75) is 39.8 Å². The van der Waals surface area contributed by atoms with Gasteiger partial charge in [0.15, 0.2) is 6.04 Å². The summed E-state index contributed by atoms with van der Waals surface area (Å²) in [7, 11) is 0. The van der Waals surface area contributed by atoms with Gasteiger partial charge in [-0.25, -0.2) is 9.07 Å². The van der Waals surface area contributed by atoms with Crippen LogP contribution in [0.5, 0.6) is 0 Å². The van der Waals surface area contributed by atoms with Gasteiger partial charge < -0.3 is 9.80 Å². The first-order valence-corrected chi connectivity index (χ1v) is 9.75. The molecule has 1 atom stereocenters. The molecular formula is C19H31FN6+2. The second kappa shape index (κ2) is 8.68. The minimum atomic E-state index is -0.218. The van der Waals surface area contributed by atoms with E-state index in [-0.39, 0.29) is 5.82 Å². The van der Waals surface area contributed by atoms with E-state index >= 15 is 0 Å². The predicted molar refractivity (Wildman–Crippen MR) is 97.4 cm³/mol. The van der Waals surface area contributed by atoms with Gasteiger partial charge in [0.1, 0.15) is 32.0 Å². The Kier molecular flexibility index (Phi) is 6.32. The number of nitrogens with zero attached hydrogens (tertiary/aromatic N) is 4. The lowest BCUT2D eigenvalue weighted by molar-refractivity contribution is -1.03. The fourth-order valence-corrected chi connectivity index (χ4v) is 3.89. The Labute approximate surface area is 155 Å². The van der Waals surface area contributed by atoms with Crippen LogP contribution in [0.3, 0.4) is 0 Å². The van der Waals surface area contributed by atoms with Gasteiger partial charge in [-0.05, 0) is 41.0 Å². The molecule has 0 spiro atoms. The quantitative estimate of drug-likeness (QED) is 0.714. The molecule has 26 heavy (non-hydrogen) atoms. The maximum Gasteiger partial charge on any atom is 0.209 e. The van der Waals surface area contributed by atoms with E-state index in [4.69, 9.17) is 0 Å². The highest BCUT2D eigenvalue weighted by Gasteiger charge is 2.34. The second-order valence-electron chi connectivity index (χ2n) is 7.77. The molecule has 1 aromatic carbocycles. The lowest BCUT2D eigenvalue weighted by Gasteiger charge is -2.34. The van der Waals surface area contributed by atoms with Crippen molar-refractivity contribution in [3.63, 3.8) is 0 Å². The summed E-state index contributed by atoms with van der Waals surface area (Å²) in [6, 6.07) is 6.89. The van der Waals surface area contributed by atoms with Crippen molar-refractivity contribution in [2.24, 2.45) is 5.92 Å². The summed E-state index contributed by atoms with van der Waals surface area (Å²) in [6.07, 6.45) is 1.07. The highest BCUT2D eigenvalue weighted by atomic mass is 19.1. The first-order chi connectivity index (χ1) is 12.6. The molecule has 0 bridgehead atoms. The van der Waals surface area contributed by atoms with Crippen molar-refractivity contribution in [1.82, 2.24) is 20.2 Å². The number of hydrogen-bond acceptors (Lipinski definition) is 3. The zero-order valence-electron chi connectivity index (χ0n) is 16.1. The average molecular weight is 362 g/mol. The lowest BCUT2D eigenvalue weighted by atomic mass is 10.0. The van der Waals surface area contributed by atoms with E-state index in [0.29, 0.717) is 18.5 Å². The van der Waals surface area contributed by atoms with E-state index in [9.17, 15) is 4.39 Å². The summed E-state index contributed by atoms with van der Waals surface area (Å²) in [5.74, 6) is 1.32. The number of quaternary nitrogens is 2. The zero-order valence-corrected chi connectivity index (χ0v) is 16.1. The van der Waals surface area contributed by atoms with Gasteiger partial charge in [0, 0.05) is 6.42 Å². The topological polar surface area (TPSA) is 52.5 Å². The van der Waals surface area contributed by atoms with E-state index in [2.05, 4.69) is 36.3 Å². The van der Waals surface area contributed by atoms with Crippen LogP contribution in [-0.4, -0.2) is 52.9 Å². The van der Waals surface area contributed by atoms with Crippen molar-refractivity contribution in [2.75, 3.05) is 32.7 Å². The SMILES string of the molecule is CC[NH+]1CC[NH+]([C@@H](CC(C)C)c2nnnn2Cc2ccc(F)cc2)CC1. The van der Waals surface area contributed by atoms with Gasteiger partial charge in [0.25, 0.3) is 0 Å². The Morgan fingerprint density at radius 2 is 1.81 bits per heavy atom. The number of hydrogen-bond donors (Lipinski definition) is 2.